The van der Waals surface area contributed by atoms with Crippen LogP contribution in [0.15, 0.2) is 77.3 Å². The molecule has 1 aliphatic rings. The quantitative estimate of drug-likeness (QED) is 0.135. The van der Waals surface area contributed by atoms with Gasteiger partial charge in [-0.1, -0.05) is 79.7 Å². The van der Waals surface area contributed by atoms with Crippen LogP contribution in [0.4, 0.5) is 0 Å². The van der Waals surface area contributed by atoms with Crippen molar-refractivity contribution in [1.82, 2.24) is 19.9 Å². The summed E-state index contributed by atoms with van der Waals surface area (Å²) in [6.07, 6.45) is 0.916. The van der Waals surface area contributed by atoms with E-state index in [0.717, 1.165) is 52.7 Å². The fraction of sp³-hybridized carbons (Fsp3) is 0.342. The molecule has 0 spiro atoms. The van der Waals surface area contributed by atoms with Crippen LogP contribution < -0.4 is 9.47 Å². The van der Waals surface area contributed by atoms with E-state index in [0.29, 0.717) is 48.9 Å². The van der Waals surface area contributed by atoms with Crippen molar-refractivity contribution >= 4 is 17.2 Å². The standard InChI is InChI=1S/C38H42N4O4S/c1-6-42(7-2)38(43)35-34(37-39-30-22-41(5)19-18-33(30)47-37)36(46-40-35)29-20-28(25(3)4)31(44-23-26-14-10-8-11-15-26)21-32(29)45-24-27-16-12-9-13-17-27/h8-17,20-21,25H,6-7,18-19,22-24H2,1-5H3. The van der Waals surface area contributed by atoms with E-state index in [1.807, 2.05) is 68.4 Å². The van der Waals surface area contributed by atoms with Crippen molar-refractivity contribution in [2.45, 2.75) is 59.8 Å². The number of nitrogens with zero attached hydrogens (tertiary/aromatic N) is 4. The number of likely N-dealkylation sites (N-methyl/N-ethyl adjacent to an activating group) is 1. The molecule has 0 fully saturated rings. The second kappa shape index (κ2) is 14.5. The average molecular weight is 651 g/mol. The van der Waals surface area contributed by atoms with Gasteiger partial charge in [0, 0.05) is 37.1 Å². The third-order valence-electron chi connectivity index (χ3n) is 8.53. The van der Waals surface area contributed by atoms with E-state index < -0.39 is 0 Å². The first kappa shape index (κ1) is 32.5. The highest BCUT2D eigenvalue weighted by molar-refractivity contribution is 7.15. The summed E-state index contributed by atoms with van der Waals surface area (Å²) in [6, 6.07) is 24.2. The van der Waals surface area contributed by atoms with Crippen LogP contribution in [-0.4, -0.2) is 52.5 Å². The third kappa shape index (κ3) is 7.11. The summed E-state index contributed by atoms with van der Waals surface area (Å²) in [5.74, 6) is 1.75. The predicted molar refractivity (Wildman–Crippen MR) is 186 cm³/mol. The number of thiazole rings is 1. The highest BCUT2D eigenvalue weighted by atomic mass is 32.1. The SMILES string of the molecule is CCN(CC)C(=O)c1noc(-c2cc(C(C)C)c(OCc3ccccc3)cc2OCc2ccccc2)c1-c1nc2c(s1)CCN(C)C2. The molecule has 3 aromatic carbocycles. The van der Waals surface area contributed by atoms with E-state index in [1.54, 1.807) is 16.2 Å². The van der Waals surface area contributed by atoms with Crippen molar-refractivity contribution in [2.75, 3.05) is 26.7 Å². The van der Waals surface area contributed by atoms with E-state index in [9.17, 15) is 4.79 Å². The van der Waals surface area contributed by atoms with E-state index in [4.69, 9.17) is 19.0 Å². The van der Waals surface area contributed by atoms with Crippen molar-refractivity contribution in [3.05, 3.63) is 106 Å². The summed E-state index contributed by atoms with van der Waals surface area (Å²) in [7, 11) is 2.10. The highest BCUT2D eigenvalue weighted by Gasteiger charge is 2.32. The normalized spacial score (nSPS) is 13.1. The van der Waals surface area contributed by atoms with Gasteiger partial charge >= 0.3 is 0 Å². The van der Waals surface area contributed by atoms with Gasteiger partial charge < -0.3 is 23.8 Å². The smallest absolute Gasteiger partial charge is 0.276 e. The molecule has 0 aliphatic carbocycles. The number of benzene rings is 3. The maximum absolute atomic E-state index is 13.9. The first-order valence-electron chi connectivity index (χ1n) is 16.3. The van der Waals surface area contributed by atoms with Crippen LogP contribution in [0.1, 0.15) is 71.4 Å². The van der Waals surface area contributed by atoms with Crippen molar-refractivity contribution in [3.8, 4) is 33.4 Å². The van der Waals surface area contributed by atoms with Crippen LogP contribution in [-0.2, 0) is 26.2 Å². The van der Waals surface area contributed by atoms with Crippen LogP contribution in [0.25, 0.3) is 21.9 Å². The minimum atomic E-state index is -0.177. The molecule has 0 saturated heterocycles. The van der Waals surface area contributed by atoms with Crippen molar-refractivity contribution < 1.29 is 18.8 Å². The first-order chi connectivity index (χ1) is 22.9. The molecule has 5 aromatic rings. The van der Waals surface area contributed by atoms with Crippen LogP contribution in [0.2, 0.25) is 0 Å². The summed E-state index contributed by atoms with van der Waals surface area (Å²) in [6.45, 7) is 11.9. The molecule has 3 heterocycles. The molecular formula is C38H42N4O4S. The number of carbonyl (C=O) groups is 1. The van der Waals surface area contributed by atoms with Crippen molar-refractivity contribution in [3.63, 3.8) is 0 Å². The number of carbonyl (C=O) groups excluding carboxylic acids is 1. The Labute approximate surface area is 280 Å². The minimum absolute atomic E-state index is 0.133. The molecule has 0 saturated carbocycles. The summed E-state index contributed by atoms with van der Waals surface area (Å²) < 4.78 is 19.2. The number of fused-ring (bicyclic) bond motifs is 1. The van der Waals surface area contributed by atoms with Crippen LogP contribution in [0, 0.1) is 0 Å². The molecular weight excluding hydrogens is 609 g/mol. The van der Waals surface area contributed by atoms with Gasteiger partial charge in [0.25, 0.3) is 5.91 Å². The predicted octanol–water partition coefficient (Wildman–Crippen LogP) is 8.22. The van der Waals surface area contributed by atoms with E-state index in [-0.39, 0.29) is 17.5 Å². The maximum Gasteiger partial charge on any atom is 0.276 e. The fourth-order valence-corrected chi connectivity index (χ4v) is 6.94. The minimum Gasteiger partial charge on any atom is -0.488 e. The zero-order valence-corrected chi connectivity index (χ0v) is 28.6. The van der Waals surface area contributed by atoms with Crippen LogP contribution in [0.3, 0.4) is 0 Å². The van der Waals surface area contributed by atoms with E-state index in [2.05, 4.69) is 49.2 Å². The third-order valence-corrected chi connectivity index (χ3v) is 9.71. The lowest BCUT2D eigenvalue weighted by Crippen LogP contribution is -2.31. The van der Waals surface area contributed by atoms with Gasteiger partial charge in [0.2, 0.25) is 0 Å². The van der Waals surface area contributed by atoms with Gasteiger partial charge in [-0.15, -0.1) is 11.3 Å². The summed E-state index contributed by atoms with van der Waals surface area (Å²) in [4.78, 5) is 24.3. The Bertz CT molecular complexity index is 1810. The van der Waals surface area contributed by atoms with Gasteiger partial charge in [-0.2, -0.15) is 0 Å². The summed E-state index contributed by atoms with van der Waals surface area (Å²) in [5, 5.41) is 5.18. The van der Waals surface area contributed by atoms with Crippen molar-refractivity contribution in [1.29, 1.82) is 0 Å². The Morgan fingerprint density at radius 2 is 1.60 bits per heavy atom. The Balaban J connectivity index is 1.51. The molecule has 47 heavy (non-hydrogen) atoms. The topological polar surface area (TPSA) is 80.9 Å². The van der Waals surface area contributed by atoms with E-state index in [1.165, 1.54) is 4.88 Å². The lowest BCUT2D eigenvalue weighted by atomic mass is 9.96. The zero-order chi connectivity index (χ0) is 32.9. The molecule has 244 valence electrons. The molecule has 0 bridgehead atoms. The number of amides is 1. The molecule has 6 rings (SSSR count). The number of rotatable bonds is 12. The summed E-state index contributed by atoms with van der Waals surface area (Å²) in [5.41, 5.74) is 5.75. The molecule has 1 aliphatic heterocycles. The lowest BCUT2D eigenvalue weighted by molar-refractivity contribution is 0.0763. The Morgan fingerprint density at radius 3 is 2.21 bits per heavy atom. The van der Waals surface area contributed by atoms with Gasteiger partial charge in [0.1, 0.15) is 29.7 Å². The fourth-order valence-electron chi connectivity index (χ4n) is 5.84. The first-order valence-corrected chi connectivity index (χ1v) is 17.2. The zero-order valence-electron chi connectivity index (χ0n) is 27.8. The molecule has 8 nitrogen and oxygen atoms in total. The van der Waals surface area contributed by atoms with Crippen LogP contribution in [0.5, 0.6) is 11.5 Å². The Kier molecular flexibility index (Phi) is 10.0. The number of hydrogen-bond acceptors (Lipinski definition) is 8. The van der Waals surface area contributed by atoms with Gasteiger partial charge in [0.15, 0.2) is 11.5 Å². The van der Waals surface area contributed by atoms with Gasteiger partial charge in [-0.3, -0.25) is 4.79 Å². The second-order valence-electron chi connectivity index (χ2n) is 12.2. The van der Waals surface area contributed by atoms with E-state index >= 15 is 0 Å². The molecule has 9 heteroatoms. The largest absolute Gasteiger partial charge is 0.488 e. The average Bonchev–Trinajstić information content (AvgIpc) is 3.72. The van der Waals surface area contributed by atoms with Gasteiger partial charge in [0.05, 0.1) is 16.8 Å². The molecule has 0 atom stereocenters. The van der Waals surface area contributed by atoms with Gasteiger partial charge in [-0.25, -0.2) is 4.98 Å². The second-order valence-corrected chi connectivity index (χ2v) is 13.3. The van der Waals surface area contributed by atoms with Gasteiger partial charge in [-0.05, 0) is 56.0 Å². The summed E-state index contributed by atoms with van der Waals surface area (Å²) >= 11 is 1.62. The molecule has 0 unspecified atom stereocenters. The number of aromatic nitrogens is 2. The lowest BCUT2D eigenvalue weighted by Gasteiger charge is -2.20. The highest BCUT2D eigenvalue weighted by Crippen LogP contribution is 2.46. The molecule has 1 amide bonds. The number of hydrogen-bond donors (Lipinski definition) is 0. The van der Waals surface area contributed by atoms with Crippen LogP contribution >= 0.6 is 11.3 Å². The molecule has 2 aromatic heterocycles. The Hall–Kier alpha value is -4.47. The van der Waals surface area contributed by atoms with Crippen molar-refractivity contribution in [2.24, 2.45) is 0 Å². The number of ether oxygens (including phenoxy) is 2. The molecule has 0 N–H and O–H groups in total. The monoisotopic (exact) mass is 650 g/mol. The maximum atomic E-state index is 13.9. The Morgan fingerprint density at radius 1 is 0.957 bits per heavy atom. The molecule has 0 radical (unpaired) electrons.